The van der Waals surface area contributed by atoms with Gasteiger partial charge in [0.15, 0.2) is 0 Å². The van der Waals surface area contributed by atoms with E-state index in [2.05, 4.69) is 42.0 Å². The SMILES string of the molecule is CC(=O)N[C@@H]1CNC[C@H](NC(C)=O)C1.CC(=O)N[C@@H]1C[C@H](NC(C)=O)CN(C(=O)OCc2ccccc2)C1.CC(=O)OC(C)=O.CC(C)(C)OC(=O)N[C@@H]1C[C@H](NC(=O)OC(C)(C)C)CN(C(=O)OCc2ccccc2)C1.N[C@@H]1C[C@H](N)CN(C(=O)OCc2ccccc2)C1. The summed E-state index contributed by atoms with van der Waals surface area (Å²) >= 11 is 0. The van der Waals surface area contributed by atoms with Gasteiger partial charge in [0.25, 0.3) is 0 Å². The van der Waals surface area contributed by atoms with Crippen molar-refractivity contribution in [2.75, 3.05) is 52.4 Å². The van der Waals surface area contributed by atoms with Crippen LogP contribution in [0.1, 0.15) is 125 Å². The van der Waals surface area contributed by atoms with Crippen molar-refractivity contribution in [2.24, 2.45) is 11.5 Å². The lowest BCUT2D eigenvalue weighted by atomic mass is 10.0. The highest BCUT2D eigenvalue weighted by atomic mass is 16.6. The minimum absolute atomic E-state index is 0.0275. The molecule has 0 aromatic heterocycles. The third-order valence-electron chi connectivity index (χ3n) is 13.5. The van der Waals surface area contributed by atoms with Gasteiger partial charge < -0.3 is 91.8 Å². The average molecular weight is 1330 g/mol. The molecule has 0 radical (unpaired) electrons. The molecule has 11 N–H and O–H groups in total. The first-order valence-electron chi connectivity index (χ1n) is 31.4. The zero-order valence-corrected chi connectivity index (χ0v) is 56.8. The van der Waals surface area contributed by atoms with E-state index in [1.54, 1.807) is 46.4 Å². The van der Waals surface area contributed by atoms with Crippen molar-refractivity contribution >= 4 is 66.0 Å². The number of alkyl carbamates (subject to hydrolysis) is 2. The van der Waals surface area contributed by atoms with Gasteiger partial charge in [-0.15, -0.1) is 0 Å². The van der Waals surface area contributed by atoms with E-state index in [1.165, 1.54) is 51.3 Å². The molecule has 0 unspecified atom stereocenters. The Balaban J connectivity index is 0.000000331. The van der Waals surface area contributed by atoms with Crippen molar-refractivity contribution in [1.29, 1.82) is 0 Å². The van der Waals surface area contributed by atoms with Crippen LogP contribution in [0.15, 0.2) is 91.0 Å². The number of piperidine rings is 4. The minimum Gasteiger partial charge on any atom is -0.445 e. The zero-order valence-electron chi connectivity index (χ0n) is 56.8. The van der Waals surface area contributed by atoms with Gasteiger partial charge in [-0.2, -0.15) is 0 Å². The molecule has 526 valence electrons. The van der Waals surface area contributed by atoms with Crippen LogP contribution in [0.4, 0.5) is 24.0 Å². The highest BCUT2D eigenvalue weighted by Crippen LogP contribution is 2.18. The monoisotopic (exact) mass is 1330 g/mol. The molecule has 4 aliphatic rings. The number of nitrogens with zero attached hydrogens (tertiary/aromatic N) is 3. The molecule has 29 heteroatoms. The smallest absolute Gasteiger partial charge is 0.410 e. The fourth-order valence-electron chi connectivity index (χ4n) is 10.1. The van der Waals surface area contributed by atoms with Crippen LogP contribution in [0.25, 0.3) is 0 Å². The topological polar surface area (TPSA) is 389 Å². The second kappa shape index (κ2) is 40.9. The summed E-state index contributed by atoms with van der Waals surface area (Å²) in [5.74, 6) is -1.51. The predicted octanol–water partition coefficient (Wildman–Crippen LogP) is 4.62. The van der Waals surface area contributed by atoms with Crippen LogP contribution < -0.4 is 48.7 Å². The van der Waals surface area contributed by atoms with Crippen LogP contribution >= 0.6 is 0 Å². The number of benzene rings is 3. The fraction of sp³-hybridized carbons (Fsp3) is 0.561. The Morgan fingerprint density at radius 2 is 0.663 bits per heavy atom. The molecule has 4 heterocycles. The average Bonchev–Trinajstić information content (AvgIpc) is 0.933. The van der Waals surface area contributed by atoms with Gasteiger partial charge in [-0.3, -0.25) is 28.8 Å². The van der Waals surface area contributed by atoms with Gasteiger partial charge in [-0.05, 0) is 83.9 Å². The number of nitrogens with two attached hydrogens (primary N) is 2. The second-order valence-electron chi connectivity index (χ2n) is 25.3. The van der Waals surface area contributed by atoms with Gasteiger partial charge in [0.1, 0.15) is 31.0 Å². The number of carbonyl (C=O) groups is 11. The molecular formula is C66H100N12O17. The van der Waals surface area contributed by atoms with Crippen LogP contribution in [0, 0.1) is 0 Å². The van der Waals surface area contributed by atoms with Crippen molar-refractivity contribution in [1.82, 2.24) is 51.9 Å². The number of likely N-dealkylation sites (tertiary alicyclic amines) is 3. The van der Waals surface area contributed by atoms with Crippen LogP contribution in [-0.2, 0) is 77.0 Å². The summed E-state index contributed by atoms with van der Waals surface area (Å²) in [4.78, 5) is 130. The normalized spacial score (nSPS) is 20.5. The lowest BCUT2D eigenvalue weighted by molar-refractivity contribution is -0.156. The predicted molar refractivity (Wildman–Crippen MR) is 351 cm³/mol. The van der Waals surface area contributed by atoms with E-state index < -0.39 is 59.6 Å². The first-order valence-corrected chi connectivity index (χ1v) is 31.4. The first-order chi connectivity index (χ1) is 44.6. The summed E-state index contributed by atoms with van der Waals surface area (Å²) in [7, 11) is 0. The van der Waals surface area contributed by atoms with Crippen molar-refractivity contribution in [3.8, 4) is 0 Å². The van der Waals surface area contributed by atoms with Gasteiger partial charge in [0.2, 0.25) is 23.6 Å². The Kier molecular flexibility index (Phi) is 34.5. The number of carbonyl (C=O) groups excluding carboxylic acids is 11. The van der Waals surface area contributed by atoms with Gasteiger partial charge >= 0.3 is 42.4 Å². The third kappa shape index (κ3) is 36.8. The summed E-state index contributed by atoms with van der Waals surface area (Å²) in [6.07, 6.45) is 0.0577. The molecule has 3 aromatic rings. The minimum atomic E-state index is -0.652. The number of hydrogen-bond acceptors (Lipinski definition) is 20. The van der Waals surface area contributed by atoms with Crippen molar-refractivity contribution in [2.45, 2.75) is 188 Å². The number of rotatable bonds is 12. The first kappa shape index (κ1) is 80.1. The van der Waals surface area contributed by atoms with Crippen molar-refractivity contribution in [3.63, 3.8) is 0 Å². The molecule has 4 aliphatic heterocycles. The van der Waals surface area contributed by atoms with Gasteiger partial charge in [0, 0.05) is 130 Å². The molecule has 0 saturated carbocycles. The molecule has 0 spiro atoms. The Hall–Kier alpha value is -9.09. The Bertz CT molecular complexity index is 2830. The molecule has 0 aliphatic carbocycles. The van der Waals surface area contributed by atoms with Crippen molar-refractivity contribution < 1.29 is 81.2 Å². The van der Waals surface area contributed by atoms with E-state index in [0.717, 1.165) is 42.6 Å². The highest BCUT2D eigenvalue weighted by Gasteiger charge is 2.36. The number of amides is 9. The Morgan fingerprint density at radius 3 is 0.926 bits per heavy atom. The van der Waals surface area contributed by atoms with E-state index in [9.17, 15) is 52.7 Å². The molecular weight excluding hydrogens is 1230 g/mol. The summed E-state index contributed by atoms with van der Waals surface area (Å²) in [5.41, 5.74) is 13.1. The van der Waals surface area contributed by atoms with E-state index in [-0.39, 0.29) is 98.9 Å². The molecule has 7 rings (SSSR count). The van der Waals surface area contributed by atoms with Crippen LogP contribution in [-0.4, -0.2) is 193 Å². The number of esters is 2. The van der Waals surface area contributed by atoms with Gasteiger partial charge in [-0.25, -0.2) is 24.0 Å². The third-order valence-corrected chi connectivity index (χ3v) is 13.5. The molecule has 4 fully saturated rings. The van der Waals surface area contributed by atoms with Crippen molar-refractivity contribution in [3.05, 3.63) is 108 Å². The largest absolute Gasteiger partial charge is 0.445 e. The number of nitrogens with one attached hydrogen (secondary N) is 7. The standard InChI is InChI=1S/C23H35N3O6.C17H23N3O4.C13H19N3O2.C9H17N3O2.C4H6O3/c1-22(2,3)31-19(27)24-17-12-18(25-20(28)32-23(4,5)6)14-26(13-17)21(29)30-15-16-10-8-7-9-11-16;1-12(21)18-15-8-16(19-13(2)22)10-20(9-15)17(23)24-11-14-6-4-3-5-7-14;14-11-6-12(15)8-16(7-11)13(17)18-9-10-4-2-1-3-5-10;1-6(13)11-8-3-9(5-10-4-8)12-7(2)14;1-3(5)7-4(2)6/h7-11,17-18H,12-15H2,1-6H3,(H,24,27)(H,25,28);3-7,15-16H,8-11H2,1-2H3,(H,18,21)(H,19,22);1-5,11-12H,6-9,14-15H2;8-10H,3-5H2,1-2H3,(H,11,13)(H,12,14);1-2H3/t17-,18+;15-,16+;11-,12+;8-,9+;. The highest BCUT2D eigenvalue weighted by molar-refractivity contribution is 5.82. The fourth-order valence-corrected chi connectivity index (χ4v) is 10.1. The van der Waals surface area contributed by atoms with E-state index in [1.807, 2.05) is 91.0 Å². The van der Waals surface area contributed by atoms with E-state index in [0.29, 0.717) is 39.0 Å². The summed E-state index contributed by atoms with van der Waals surface area (Å²) in [6, 6.07) is 27.2. The molecule has 3 aromatic carbocycles. The number of hydrogen-bond donors (Lipinski definition) is 9. The second-order valence-corrected chi connectivity index (χ2v) is 25.3. The van der Waals surface area contributed by atoms with Gasteiger partial charge in [-0.1, -0.05) is 91.0 Å². The maximum absolute atomic E-state index is 12.7. The van der Waals surface area contributed by atoms with E-state index >= 15 is 0 Å². The van der Waals surface area contributed by atoms with E-state index in [4.69, 9.17) is 35.2 Å². The number of ether oxygens (including phenoxy) is 6. The molecule has 9 amide bonds. The van der Waals surface area contributed by atoms with Gasteiger partial charge in [0.05, 0.1) is 12.1 Å². The maximum atomic E-state index is 12.7. The summed E-state index contributed by atoms with van der Waals surface area (Å²) < 4.78 is 30.6. The lowest BCUT2D eigenvalue weighted by Crippen LogP contribution is -2.59. The molecule has 8 atom stereocenters. The Morgan fingerprint density at radius 1 is 0.400 bits per heavy atom. The maximum Gasteiger partial charge on any atom is 0.410 e. The van der Waals surface area contributed by atoms with Crippen LogP contribution in [0.5, 0.6) is 0 Å². The Labute approximate surface area is 556 Å². The molecule has 95 heavy (non-hydrogen) atoms. The zero-order chi connectivity index (χ0) is 70.8. The summed E-state index contributed by atoms with van der Waals surface area (Å²) in [6.45, 7) is 23.2. The quantitative estimate of drug-likeness (QED) is 0.0678. The van der Waals surface area contributed by atoms with Crippen LogP contribution in [0.2, 0.25) is 0 Å². The lowest BCUT2D eigenvalue weighted by Gasteiger charge is -2.38. The summed E-state index contributed by atoms with van der Waals surface area (Å²) in [5, 5.41) is 20.0. The molecule has 29 nitrogen and oxygen atoms in total. The molecule has 0 bridgehead atoms. The van der Waals surface area contributed by atoms with Crippen LogP contribution in [0.3, 0.4) is 0 Å². The molecule has 4 saturated heterocycles.